The second-order valence-corrected chi connectivity index (χ2v) is 5.54. The average molecular weight is 246 g/mol. The molecule has 17 heavy (non-hydrogen) atoms. The third-order valence-electron chi connectivity index (χ3n) is 2.98. The maximum atomic E-state index is 2.54. The Morgan fingerprint density at radius 3 is 0.824 bits per heavy atom. The van der Waals surface area contributed by atoms with E-state index in [-0.39, 0.29) is 14.9 Å². The molecule has 0 saturated heterocycles. The first-order valence-corrected chi connectivity index (χ1v) is 6.28. The Kier molecular flexibility index (Phi) is 12.9. The fourth-order valence-electron chi connectivity index (χ4n) is 2.03. The number of rotatable bonds is 6. The lowest BCUT2D eigenvalue weighted by molar-refractivity contribution is 0.0401. The van der Waals surface area contributed by atoms with Crippen LogP contribution in [0.25, 0.3) is 0 Å². The quantitative estimate of drug-likeness (QED) is 0.639. The van der Waals surface area contributed by atoms with E-state index in [1.807, 2.05) is 0 Å². The maximum absolute atomic E-state index is 2.54. The molecule has 0 rings (SSSR count). The van der Waals surface area contributed by atoms with Gasteiger partial charge in [-0.2, -0.15) is 0 Å². The van der Waals surface area contributed by atoms with E-state index in [1.165, 1.54) is 0 Å². The summed E-state index contributed by atoms with van der Waals surface area (Å²) in [6.07, 6.45) is 0. The molecule has 0 aromatic rings. The fourth-order valence-corrected chi connectivity index (χ4v) is 2.03. The molecule has 0 N–H and O–H groups in total. The predicted molar refractivity (Wildman–Crippen MR) is 82.6 cm³/mol. The van der Waals surface area contributed by atoms with E-state index in [2.05, 4.69) is 65.2 Å². The smallest absolute Gasteiger partial charge is 0.0516 e. The minimum absolute atomic E-state index is 0. The van der Waals surface area contributed by atoms with Gasteiger partial charge in [0.2, 0.25) is 0 Å². The molecule has 0 aromatic carbocycles. The topological polar surface area (TPSA) is 6.48 Å². The van der Waals surface area contributed by atoms with E-state index in [1.54, 1.807) is 0 Å². The molecule has 0 aliphatic carbocycles. The Bertz CT molecular complexity index is 128. The van der Waals surface area contributed by atoms with Crippen molar-refractivity contribution in [3.63, 3.8) is 0 Å². The van der Waals surface area contributed by atoms with Crippen molar-refractivity contribution in [2.24, 2.45) is 0 Å². The van der Waals surface area contributed by atoms with Crippen molar-refractivity contribution in [2.45, 2.75) is 94.4 Å². The zero-order valence-electron chi connectivity index (χ0n) is 11.9. The normalized spacial score (nSPS) is 11.6. The number of hydrogen-bond acceptors (Lipinski definition) is 2. The molecule has 0 radical (unpaired) electrons. The van der Waals surface area contributed by atoms with Crippen LogP contribution in [0.3, 0.4) is 0 Å². The Morgan fingerprint density at radius 2 is 0.706 bits per heavy atom. The zero-order chi connectivity index (χ0) is 12.2. The second kappa shape index (κ2) is 9.90. The first kappa shape index (κ1) is 22.1. The SMILES string of the molecule is C.C.CC(C)N(CN(C(C)C)C(C)C)C(C)C. The van der Waals surface area contributed by atoms with Crippen LogP contribution in [0.15, 0.2) is 0 Å². The van der Waals surface area contributed by atoms with Gasteiger partial charge < -0.3 is 0 Å². The van der Waals surface area contributed by atoms with E-state index < -0.39 is 0 Å². The summed E-state index contributed by atoms with van der Waals surface area (Å²) in [5.41, 5.74) is 0. The Hall–Kier alpha value is -0.0800. The van der Waals surface area contributed by atoms with Crippen LogP contribution in [-0.2, 0) is 0 Å². The van der Waals surface area contributed by atoms with Crippen molar-refractivity contribution in [1.29, 1.82) is 0 Å². The monoisotopic (exact) mass is 246 g/mol. The summed E-state index contributed by atoms with van der Waals surface area (Å²) in [4.78, 5) is 5.08. The molecule has 0 saturated carbocycles. The van der Waals surface area contributed by atoms with Gasteiger partial charge in [0.1, 0.15) is 0 Å². The molecule has 0 aliphatic heterocycles. The van der Waals surface area contributed by atoms with Gasteiger partial charge in [0, 0.05) is 24.2 Å². The maximum Gasteiger partial charge on any atom is 0.0516 e. The van der Waals surface area contributed by atoms with E-state index in [0.29, 0.717) is 24.2 Å². The fraction of sp³-hybridized carbons (Fsp3) is 1.00. The van der Waals surface area contributed by atoms with Crippen LogP contribution < -0.4 is 0 Å². The molecule has 0 amide bonds. The van der Waals surface area contributed by atoms with E-state index in [0.717, 1.165) is 6.67 Å². The minimum atomic E-state index is 0. The Morgan fingerprint density at radius 1 is 0.529 bits per heavy atom. The van der Waals surface area contributed by atoms with E-state index in [9.17, 15) is 0 Å². The minimum Gasteiger partial charge on any atom is -0.286 e. The van der Waals surface area contributed by atoms with Crippen molar-refractivity contribution >= 4 is 0 Å². The lowest BCUT2D eigenvalue weighted by atomic mass is 10.2. The van der Waals surface area contributed by atoms with Crippen LogP contribution in [0.5, 0.6) is 0 Å². The largest absolute Gasteiger partial charge is 0.286 e. The molecule has 0 spiro atoms. The van der Waals surface area contributed by atoms with Gasteiger partial charge >= 0.3 is 0 Å². The lowest BCUT2D eigenvalue weighted by Gasteiger charge is -2.39. The van der Waals surface area contributed by atoms with Crippen LogP contribution in [0, 0.1) is 0 Å². The third-order valence-corrected chi connectivity index (χ3v) is 2.98. The Balaban J connectivity index is -0.000000980. The Labute approximate surface area is 111 Å². The van der Waals surface area contributed by atoms with E-state index in [4.69, 9.17) is 0 Å². The van der Waals surface area contributed by atoms with E-state index >= 15 is 0 Å². The van der Waals surface area contributed by atoms with Gasteiger partial charge in [0.05, 0.1) is 6.67 Å². The highest BCUT2D eigenvalue weighted by Crippen LogP contribution is 2.11. The van der Waals surface area contributed by atoms with Crippen LogP contribution in [0.4, 0.5) is 0 Å². The van der Waals surface area contributed by atoms with Gasteiger partial charge in [0.15, 0.2) is 0 Å². The number of hydrogen-bond donors (Lipinski definition) is 0. The summed E-state index contributed by atoms with van der Waals surface area (Å²) in [5, 5.41) is 0. The van der Waals surface area contributed by atoms with Gasteiger partial charge in [-0.05, 0) is 55.4 Å². The second-order valence-electron chi connectivity index (χ2n) is 5.54. The number of nitrogens with zero attached hydrogens (tertiary/aromatic N) is 2. The predicted octanol–water partition coefficient (Wildman–Crippen LogP) is 4.45. The standard InChI is InChI=1S/C13H30N2.2CH4/c1-10(2)14(11(3)4)9-15(12(5)6)13(7)8;;/h10-13H,9H2,1-8H3;2*1H4. The molecule has 0 fully saturated rings. The lowest BCUT2D eigenvalue weighted by Crippen LogP contribution is -2.49. The van der Waals surface area contributed by atoms with Gasteiger partial charge in [-0.25, -0.2) is 0 Å². The molecule has 0 aliphatic rings. The van der Waals surface area contributed by atoms with Crippen LogP contribution >= 0.6 is 0 Å². The molecule has 2 nitrogen and oxygen atoms in total. The van der Waals surface area contributed by atoms with Crippen molar-refractivity contribution in [1.82, 2.24) is 9.80 Å². The molecule has 0 bridgehead atoms. The molecule has 108 valence electrons. The highest BCUT2D eigenvalue weighted by atomic mass is 15.3. The van der Waals surface area contributed by atoms with Gasteiger partial charge in [-0.15, -0.1) is 0 Å². The van der Waals surface area contributed by atoms with Crippen molar-refractivity contribution < 1.29 is 0 Å². The highest BCUT2D eigenvalue weighted by Gasteiger charge is 2.20. The van der Waals surface area contributed by atoms with Crippen molar-refractivity contribution in [3.05, 3.63) is 0 Å². The zero-order valence-corrected chi connectivity index (χ0v) is 11.9. The summed E-state index contributed by atoms with van der Waals surface area (Å²) < 4.78 is 0. The van der Waals surface area contributed by atoms with Crippen molar-refractivity contribution in [3.8, 4) is 0 Å². The van der Waals surface area contributed by atoms with Crippen LogP contribution in [0.2, 0.25) is 0 Å². The molecule has 0 atom stereocenters. The third kappa shape index (κ3) is 7.77. The molecular formula is C15H38N2. The first-order valence-electron chi connectivity index (χ1n) is 6.28. The summed E-state index contributed by atoms with van der Waals surface area (Å²) in [5.74, 6) is 0. The van der Waals surface area contributed by atoms with Crippen molar-refractivity contribution in [2.75, 3.05) is 6.67 Å². The summed E-state index contributed by atoms with van der Waals surface area (Å²) in [6, 6.07) is 2.46. The average Bonchev–Trinajstić information content (AvgIpc) is 2.01. The molecule has 0 aromatic heterocycles. The van der Waals surface area contributed by atoms with Crippen LogP contribution in [-0.4, -0.2) is 40.6 Å². The highest BCUT2D eigenvalue weighted by molar-refractivity contribution is 4.72. The molecule has 0 heterocycles. The first-order chi connectivity index (χ1) is 6.77. The van der Waals surface area contributed by atoms with Gasteiger partial charge in [-0.3, -0.25) is 9.80 Å². The van der Waals surface area contributed by atoms with Crippen LogP contribution in [0.1, 0.15) is 70.2 Å². The van der Waals surface area contributed by atoms with Gasteiger partial charge in [-0.1, -0.05) is 14.9 Å². The molecule has 2 heteroatoms. The molecular weight excluding hydrogens is 208 g/mol. The summed E-state index contributed by atoms with van der Waals surface area (Å²) >= 11 is 0. The summed E-state index contributed by atoms with van der Waals surface area (Å²) in [7, 11) is 0. The van der Waals surface area contributed by atoms with Gasteiger partial charge in [0.25, 0.3) is 0 Å². The summed E-state index contributed by atoms with van der Waals surface area (Å²) in [6.45, 7) is 19.3. The molecule has 0 unspecified atom stereocenters.